The van der Waals surface area contributed by atoms with Gasteiger partial charge < -0.3 is 14.6 Å². The van der Waals surface area contributed by atoms with Crippen LogP contribution in [0.1, 0.15) is 33.3 Å². The van der Waals surface area contributed by atoms with Crippen molar-refractivity contribution < 1.29 is 19.4 Å². The van der Waals surface area contributed by atoms with Crippen molar-refractivity contribution in [1.29, 1.82) is 0 Å². The van der Waals surface area contributed by atoms with E-state index < -0.39 is 17.8 Å². The number of ether oxygens (including phenoxy) is 2. The van der Waals surface area contributed by atoms with Gasteiger partial charge in [0.15, 0.2) is 0 Å². The molecule has 0 bridgehead atoms. The van der Waals surface area contributed by atoms with Crippen molar-refractivity contribution in [2.75, 3.05) is 12.4 Å². The molecule has 2 N–H and O–H groups in total. The van der Waals surface area contributed by atoms with Gasteiger partial charge >= 0.3 is 6.09 Å². The minimum Gasteiger partial charge on any atom is -0.496 e. The Labute approximate surface area is 119 Å². The van der Waals surface area contributed by atoms with Crippen LogP contribution in [0.3, 0.4) is 0 Å². The summed E-state index contributed by atoms with van der Waals surface area (Å²) < 4.78 is 10.4. The lowest BCUT2D eigenvalue weighted by Gasteiger charge is -2.20. The molecule has 20 heavy (non-hydrogen) atoms. The molecule has 0 aliphatic heterocycles. The molecule has 1 atom stereocenters. The highest BCUT2D eigenvalue weighted by atomic mass is 16.6. The first-order valence-corrected chi connectivity index (χ1v) is 6.56. The maximum atomic E-state index is 11.7. The zero-order valence-corrected chi connectivity index (χ0v) is 12.7. The molecule has 0 saturated carbocycles. The topological polar surface area (TPSA) is 67.8 Å². The van der Waals surface area contributed by atoms with Crippen molar-refractivity contribution in [1.82, 2.24) is 0 Å². The van der Waals surface area contributed by atoms with Crippen LogP contribution in [0.15, 0.2) is 18.2 Å². The van der Waals surface area contributed by atoms with Crippen molar-refractivity contribution in [2.24, 2.45) is 0 Å². The molecule has 0 aliphatic carbocycles. The van der Waals surface area contributed by atoms with Gasteiger partial charge in [-0.15, -0.1) is 0 Å². The van der Waals surface area contributed by atoms with Crippen LogP contribution in [0.5, 0.6) is 5.75 Å². The number of benzene rings is 1. The van der Waals surface area contributed by atoms with Gasteiger partial charge in [0.05, 0.1) is 13.2 Å². The molecule has 0 heterocycles. The van der Waals surface area contributed by atoms with Gasteiger partial charge in [0.25, 0.3) is 0 Å². The Bertz CT molecular complexity index is 463. The standard InChI is InChI=1S/C15H23NO4/c1-10(17)8-11-9-12(6-7-13(11)19-5)16-14(18)20-15(2,3)4/h6-7,9-10,17H,8H2,1-5H3,(H,16,18)/t10-/m1/s1. The van der Waals surface area contributed by atoms with Crippen LogP contribution in [0.25, 0.3) is 0 Å². The zero-order chi connectivity index (χ0) is 15.3. The molecular formula is C15H23NO4. The lowest BCUT2D eigenvalue weighted by atomic mass is 10.1. The summed E-state index contributed by atoms with van der Waals surface area (Å²) in [7, 11) is 1.57. The summed E-state index contributed by atoms with van der Waals surface area (Å²) in [5, 5.41) is 12.1. The zero-order valence-electron chi connectivity index (χ0n) is 12.7. The highest BCUT2D eigenvalue weighted by molar-refractivity contribution is 5.85. The van der Waals surface area contributed by atoms with Gasteiger partial charge in [0, 0.05) is 12.1 Å². The number of anilines is 1. The first-order valence-electron chi connectivity index (χ1n) is 6.56. The number of hydrogen-bond donors (Lipinski definition) is 2. The number of hydrogen-bond acceptors (Lipinski definition) is 4. The summed E-state index contributed by atoms with van der Waals surface area (Å²) >= 11 is 0. The number of aliphatic hydroxyl groups is 1. The largest absolute Gasteiger partial charge is 0.496 e. The first kappa shape index (κ1) is 16.3. The lowest BCUT2D eigenvalue weighted by molar-refractivity contribution is 0.0636. The van der Waals surface area contributed by atoms with Gasteiger partial charge in [-0.25, -0.2) is 4.79 Å². The molecule has 1 amide bonds. The summed E-state index contributed by atoms with van der Waals surface area (Å²) in [4.78, 5) is 11.7. The second-order valence-corrected chi connectivity index (χ2v) is 5.71. The molecule has 1 aromatic rings. The van der Waals surface area contributed by atoms with Crippen molar-refractivity contribution in [3.63, 3.8) is 0 Å². The maximum Gasteiger partial charge on any atom is 0.412 e. The number of nitrogens with one attached hydrogen (secondary N) is 1. The van der Waals surface area contributed by atoms with Gasteiger partial charge in [0.2, 0.25) is 0 Å². The number of carbonyl (C=O) groups is 1. The smallest absolute Gasteiger partial charge is 0.412 e. The van der Waals surface area contributed by atoms with E-state index in [9.17, 15) is 9.90 Å². The summed E-state index contributed by atoms with van der Waals surface area (Å²) in [6, 6.07) is 5.26. The number of methoxy groups -OCH3 is 1. The molecule has 1 rings (SSSR count). The van der Waals surface area contributed by atoms with E-state index >= 15 is 0 Å². The molecule has 112 valence electrons. The minimum atomic E-state index is -0.543. The third kappa shape index (κ3) is 5.48. The quantitative estimate of drug-likeness (QED) is 0.890. The lowest BCUT2D eigenvalue weighted by Crippen LogP contribution is -2.27. The number of carbonyl (C=O) groups excluding carboxylic acids is 1. The average molecular weight is 281 g/mol. The Morgan fingerprint density at radius 3 is 2.55 bits per heavy atom. The maximum absolute atomic E-state index is 11.7. The number of aliphatic hydroxyl groups excluding tert-OH is 1. The molecule has 5 heteroatoms. The molecule has 0 saturated heterocycles. The Morgan fingerprint density at radius 2 is 2.05 bits per heavy atom. The van der Waals surface area contributed by atoms with Crippen molar-refractivity contribution in [2.45, 2.75) is 45.8 Å². The molecule has 0 fully saturated rings. The van der Waals surface area contributed by atoms with Gasteiger partial charge in [-0.1, -0.05) is 0 Å². The molecule has 0 aliphatic rings. The SMILES string of the molecule is COc1ccc(NC(=O)OC(C)(C)C)cc1C[C@@H](C)O. The molecule has 5 nitrogen and oxygen atoms in total. The predicted octanol–water partition coefficient (Wildman–Crippen LogP) is 2.97. The summed E-state index contributed by atoms with van der Waals surface area (Å²) in [5.41, 5.74) is 0.894. The number of amides is 1. The Balaban J connectivity index is 2.83. The Kier molecular flexibility index (Phi) is 5.39. The van der Waals surface area contributed by atoms with Gasteiger partial charge in [-0.05, 0) is 51.5 Å². The van der Waals surface area contributed by atoms with Gasteiger partial charge in [0.1, 0.15) is 11.4 Å². The third-order valence-electron chi connectivity index (χ3n) is 2.44. The van der Waals surface area contributed by atoms with E-state index in [0.29, 0.717) is 17.9 Å². The van der Waals surface area contributed by atoms with E-state index in [1.807, 2.05) is 0 Å². The summed E-state index contributed by atoms with van der Waals surface area (Å²) in [6.07, 6.45) is -0.543. The highest BCUT2D eigenvalue weighted by Crippen LogP contribution is 2.24. The van der Waals surface area contributed by atoms with E-state index in [-0.39, 0.29) is 0 Å². The molecule has 1 aromatic carbocycles. The summed E-state index contributed by atoms with van der Waals surface area (Å²) in [6.45, 7) is 7.12. The predicted molar refractivity (Wildman–Crippen MR) is 78.2 cm³/mol. The van der Waals surface area contributed by atoms with Crippen molar-refractivity contribution >= 4 is 11.8 Å². The number of rotatable bonds is 4. The van der Waals surface area contributed by atoms with E-state index in [4.69, 9.17) is 9.47 Å². The van der Waals surface area contributed by atoms with Crippen molar-refractivity contribution in [3.8, 4) is 5.75 Å². The fraction of sp³-hybridized carbons (Fsp3) is 0.533. The van der Waals surface area contributed by atoms with Crippen LogP contribution in [0.4, 0.5) is 10.5 Å². The fourth-order valence-corrected chi connectivity index (χ4v) is 1.76. The second kappa shape index (κ2) is 6.61. The monoisotopic (exact) mass is 281 g/mol. The van der Waals surface area contributed by atoms with Crippen LogP contribution in [0, 0.1) is 0 Å². The molecule has 0 radical (unpaired) electrons. The molecule has 0 aromatic heterocycles. The van der Waals surface area contributed by atoms with Crippen LogP contribution < -0.4 is 10.1 Å². The van der Waals surface area contributed by atoms with Gasteiger partial charge in [-0.3, -0.25) is 5.32 Å². The Morgan fingerprint density at radius 1 is 1.40 bits per heavy atom. The van der Waals surface area contributed by atoms with E-state index in [0.717, 1.165) is 5.56 Å². The van der Waals surface area contributed by atoms with Crippen LogP contribution >= 0.6 is 0 Å². The van der Waals surface area contributed by atoms with Crippen LogP contribution in [-0.2, 0) is 11.2 Å². The minimum absolute atomic E-state index is 0.451. The van der Waals surface area contributed by atoms with Crippen molar-refractivity contribution in [3.05, 3.63) is 23.8 Å². The fourth-order valence-electron chi connectivity index (χ4n) is 1.76. The third-order valence-corrected chi connectivity index (χ3v) is 2.44. The van der Waals surface area contributed by atoms with Gasteiger partial charge in [-0.2, -0.15) is 0 Å². The first-order chi connectivity index (χ1) is 9.21. The molecule has 0 spiro atoms. The Hall–Kier alpha value is -1.75. The van der Waals surface area contributed by atoms with E-state index in [1.54, 1.807) is 53.0 Å². The normalized spacial score (nSPS) is 12.7. The van der Waals surface area contributed by atoms with Crippen LogP contribution in [0.2, 0.25) is 0 Å². The molecular weight excluding hydrogens is 258 g/mol. The second-order valence-electron chi connectivity index (χ2n) is 5.71. The highest BCUT2D eigenvalue weighted by Gasteiger charge is 2.16. The average Bonchev–Trinajstić information content (AvgIpc) is 2.25. The van der Waals surface area contributed by atoms with Crippen LogP contribution in [-0.4, -0.2) is 30.0 Å². The van der Waals surface area contributed by atoms with E-state index in [2.05, 4.69) is 5.32 Å². The molecule has 0 unspecified atom stereocenters. The van der Waals surface area contributed by atoms with E-state index in [1.165, 1.54) is 0 Å². The summed E-state index contributed by atoms with van der Waals surface area (Å²) in [5.74, 6) is 0.681.